The van der Waals surface area contributed by atoms with Crippen LogP contribution in [-0.4, -0.2) is 15.8 Å². The molecule has 0 saturated carbocycles. The first-order chi connectivity index (χ1) is 9.47. The minimum absolute atomic E-state index is 0.163. The molecular formula is C14H15F2N3O. The van der Waals surface area contributed by atoms with E-state index in [4.69, 9.17) is 0 Å². The van der Waals surface area contributed by atoms with Gasteiger partial charge in [0.2, 0.25) is 0 Å². The Kier molecular flexibility index (Phi) is 4.12. The first kappa shape index (κ1) is 14.2. The van der Waals surface area contributed by atoms with Crippen LogP contribution in [0.3, 0.4) is 0 Å². The van der Waals surface area contributed by atoms with E-state index < -0.39 is 17.2 Å². The van der Waals surface area contributed by atoms with Crippen LogP contribution in [0.5, 0.6) is 0 Å². The Morgan fingerprint density at radius 1 is 1.30 bits per heavy atom. The van der Waals surface area contributed by atoms with Crippen molar-refractivity contribution in [2.45, 2.75) is 26.4 Å². The third kappa shape index (κ3) is 3.20. The van der Waals surface area contributed by atoms with Gasteiger partial charge in [0.25, 0.3) is 5.56 Å². The van der Waals surface area contributed by atoms with Gasteiger partial charge in [-0.15, -0.1) is 0 Å². The average molecular weight is 279 g/mol. The number of anilines is 1. The predicted molar refractivity (Wildman–Crippen MR) is 72.7 cm³/mol. The molecule has 0 unspecified atom stereocenters. The van der Waals surface area contributed by atoms with Crippen molar-refractivity contribution in [1.29, 1.82) is 0 Å². The molecule has 0 aliphatic heterocycles. The lowest BCUT2D eigenvalue weighted by molar-refractivity contribution is 0.524. The summed E-state index contributed by atoms with van der Waals surface area (Å²) in [5.74, 6) is -1.38. The highest BCUT2D eigenvalue weighted by atomic mass is 19.1. The van der Waals surface area contributed by atoms with Gasteiger partial charge in [-0.25, -0.2) is 13.5 Å². The van der Waals surface area contributed by atoms with E-state index in [1.54, 1.807) is 0 Å². The lowest BCUT2D eigenvalue weighted by Crippen LogP contribution is -2.24. The summed E-state index contributed by atoms with van der Waals surface area (Å²) in [5.41, 5.74) is -0.0137. The van der Waals surface area contributed by atoms with Crippen LogP contribution >= 0.6 is 0 Å². The zero-order valence-corrected chi connectivity index (χ0v) is 11.2. The van der Waals surface area contributed by atoms with Crippen LogP contribution in [0.15, 0.2) is 35.3 Å². The topological polar surface area (TPSA) is 46.9 Å². The molecule has 0 fully saturated rings. The van der Waals surface area contributed by atoms with Crippen molar-refractivity contribution in [2.24, 2.45) is 0 Å². The van der Waals surface area contributed by atoms with Gasteiger partial charge in [0.1, 0.15) is 11.6 Å². The number of halogens is 2. The van der Waals surface area contributed by atoms with Crippen LogP contribution in [0, 0.1) is 11.6 Å². The molecule has 0 radical (unpaired) electrons. The lowest BCUT2D eigenvalue weighted by Gasteiger charge is -2.11. The molecule has 0 amide bonds. The monoisotopic (exact) mass is 279 g/mol. The van der Waals surface area contributed by atoms with Gasteiger partial charge in [0.15, 0.2) is 0 Å². The van der Waals surface area contributed by atoms with Crippen LogP contribution < -0.4 is 10.9 Å². The van der Waals surface area contributed by atoms with E-state index in [1.165, 1.54) is 18.3 Å². The predicted octanol–water partition coefficient (Wildman–Crippen LogP) is 2.39. The summed E-state index contributed by atoms with van der Waals surface area (Å²) in [6.07, 6.45) is 1.46. The maximum Gasteiger partial charge on any atom is 0.269 e. The Morgan fingerprint density at radius 2 is 1.95 bits per heavy atom. The molecule has 4 nitrogen and oxygen atoms in total. The minimum atomic E-state index is -0.692. The van der Waals surface area contributed by atoms with Crippen LogP contribution in [0.25, 0.3) is 0 Å². The van der Waals surface area contributed by atoms with E-state index in [1.807, 2.05) is 13.8 Å². The summed E-state index contributed by atoms with van der Waals surface area (Å²) in [7, 11) is 0. The normalized spacial score (nSPS) is 10.8. The molecule has 20 heavy (non-hydrogen) atoms. The van der Waals surface area contributed by atoms with Crippen LogP contribution in [-0.2, 0) is 6.54 Å². The molecule has 1 heterocycles. The van der Waals surface area contributed by atoms with Crippen molar-refractivity contribution < 1.29 is 8.78 Å². The van der Waals surface area contributed by atoms with E-state index in [9.17, 15) is 13.6 Å². The standard InChI is InChI=1S/C14H15F2N3O/c1-9(2)18-10-6-14(20)19(17-7-10)8-11-12(15)4-3-5-13(11)16/h3-7,9,18H,8H2,1-2H3. The number of rotatable bonds is 4. The molecule has 1 aromatic carbocycles. The van der Waals surface area contributed by atoms with Crippen molar-refractivity contribution in [2.75, 3.05) is 5.32 Å². The molecule has 1 N–H and O–H groups in total. The highest BCUT2D eigenvalue weighted by molar-refractivity contribution is 5.39. The summed E-state index contributed by atoms with van der Waals surface area (Å²) in [4.78, 5) is 11.9. The molecule has 0 atom stereocenters. The second kappa shape index (κ2) is 5.81. The van der Waals surface area contributed by atoms with Gasteiger partial charge in [-0.1, -0.05) is 6.07 Å². The van der Waals surface area contributed by atoms with Crippen molar-refractivity contribution >= 4 is 5.69 Å². The summed E-state index contributed by atoms with van der Waals surface area (Å²) >= 11 is 0. The van der Waals surface area contributed by atoms with E-state index in [2.05, 4.69) is 10.4 Å². The zero-order chi connectivity index (χ0) is 14.7. The molecule has 0 aliphatic carbocycles. The van der Waals surface area contributed by atoms with E-state index in [-0.39, 0.29) is 18.2 Å². The van der Waals surface area contributed by atoms with Crippen molar-refractivity contribution in [1.82, 2.24) is 9.78 Å². The van der Waals surface area contributed by atoms with Crippen LogP contribution in [0.4, 0.5) is 14.5 Å². The fourth-order valence-corrected chi connectivity index (χ4v) is 1.80. The van der Waals surface area contributed by atoms with Gasteiger partial charge in [-0.05, 0) is 26.0 Å². The Hall–Kier alpha value is -2.24. The number of benzene rings is 1. The second-order valence-corrected chi connectivity index (χ2v) is 4.74. The summed E-state index contributed by atoms with van der Waals surface area (Å²) in [6.45, 7) is 3.62. The zero-order valence-electron chi connectivity index (χ0n) is 11.2. The van der Waals surface area contributed by atoms with Crippen molar-refractivity contribution in [3.05, 3.63) is 58.0 Å². The van der Waals surface area contributed by atoms with Crippen LogP contribution in [0.2, 0.25) is 0 Å². The Balaban J connectivity index is 2.29. The molecule has 1 aromatic heterocycles. The summed E-state index contributed by atoms with van der Waals surface area (Å²) < 4.78 is 28.1. The molecule has 2 aromatic rings. The molecule has 2 rings (SSSR count). The molecule has 0 aliphatic rings. The first-order valence-electron chi connectivity index (χ1n) is 6.24. The van der Waals surface area contributed by atoms with Gasteiger partial charge >= 0.3 is 0 Å². The number of aromatic nitrogens is 2. The average Bonchev–Trinajstić information content (AvgIpc) is 2.35. The molecular weight excluding hydrogens is 264 g/mol. The third-order valence-corrected chi connectivity index (χ3v) is 2.69. The summed E-state index contributed by atoms with van der Waals surface area (Å²) in [5, 5.41) is 6.95. The maximum atomic E-state index is 13.5. The van der Waals surface area contributed by atoms with Crippen LogP contribution in [0.1, 0.15) is 19.4 Å². The quantitative estimate of drug-likeness (QED) is 0.934. The number of hydrogen-bond acceptors (Lipinski definition) is 3. The van der Waals surface area contributed by atoms with Gasteiger partial charge in [0.05, 0.1) is 18.4 Å². The molecule has 0 saturated heterocycles. The number of nitrogens with one attached hydrogen (secondary N) is 1. The second-order valence-electron chi connectivity index (χ2n) is 4.74. The molecule has 106 valence electrons. The highest BCUT2D eigenvalue weighted by Crippen LogP contribution is 2.12. The maximum absolute atomic E-state index is 13.5. The Morgan fingerprint density at radius 3 is 2.50 bits per heavy atom. The lowest BCUT2D eigenvalue weighted by atomic mass is 10.2. The Labute approximate surface area is 115 Å². The highest BCUT2D eigenvalue weighted by Gasteiger charge is 2.10. The summed E-state index contributed by atoms with van der Waals surface area (Å²) in [6, 6.07) is 5.10. The van der Waals surface area contributed by atoms with Gasteiger partial charge in [-0.2, -0.15) is 5.10 Å². The smallest absolute Gasteiger partial charge is 0.269 e. The Bertz CT molecular complexity index is 647. The molecule has 0 bridgehead atoms. The van der Waals surface area contributed by atoms with E-state index in [0.29, 0.717) is 5.69 Å². The van der Waals surface area contributed by atoms with E-state index >= 15 is 0 Å². The van der Waals surface area contributed by atoms with Gasteiger partial charge < -0.3 is 5.32 Å². The van der Waals surface area contributed by atoms with Crippen molar-refractivity contribution in [3.63, 3.8) is 0 Å². The van der Waals surface area contributed by atoms with E-state index in [0.717, 1.165) is 16.8 Å². The number of hydrogen-bond donors (Lipinski definition) is 1. The fourth-order valence-electron chi connectivity index (χ4n) is 1.80. The third-order valence-electron chi connectivity index (χ3n) is 2.69. The SMILES string of the molecule is CC(C)Nc1cnn(Cc2c(F)cccc2F)c(=O)c1. The number of nitrogens with zero attached hydrogens (tertiary/aromatic N) is 2. The minimum Gasteiger partial charge on any atom is -0.381 e. The first-order valence-corrected chi connectivity index (χ1v) is 6.24. The molecule has 6 heteroatoms. The largest absolute Gasteiger partial charge is 0.381 e. The van der Waals surface area contributed by atoms with Crippen molar-refractivity contribution in [3.8, 4) is 0 Å². The molecule has 0 spiro atoms. The van der Waals surface area contributed by atoms with Gasteiger partial charge in [-0.3, -0.25) is 4.79 Å². The fraction of sp³-hybridized carbons (Fsp3) is 0.286. The van der Waals surface area contributed by atoms with Gasteiger partial charge in [0, 0.05) is 17.7 Å².